The zero-order valence-corrected chi connectivity index (χ0v) is 28.2. The number of ether oxygens (including phenoxy) is 2. The van der Waals surface area contributed by atoms with E-state index in [1.807, 2.05) is 37.3 Å². The number of nitrogens with one attached hydrogen (secondary N) is 1. The number of amides is 1. The number of nitrogens with zero attached hydrogens (tertiary/aromatic N) is 1. The maximum atomic E-state index is 12.6. The summed E-state index contributed by atoms with van der Waals surface area (Å²) >= 11 is 0. The lowest BCUT2D eigenvalue weighted by Crippen LogP contribution is -2.39. The van der Waals surface area contributed by atoms with Gasteiger partial charge < -0.3 is 24.6 Å². The molecule has 1 amide bonds. The Kier molecular flexibility index (Phi) is 20.2. The first-order valence-corrected chi connectivity index (χ1v) is 18.3. The molecule has 9 nitrogen and oxygen atoms in total. The smallest absolute Gasteiger partial charge is 0.469 e. The van der Waals surface area contributed by atoms with Crippen LogP contribution in [0.1, 0.15) is 115 Å². The molecule has 0 spiro atoms. The summed E-state index contributed by atoms with van der Waals surface area (Å²) in [7, 11) is -4.67. The number of benzene rings is 1. The number of phosphoric acid groups is 1. The van der Waals surface area contributed by atoms with Crippen LogP contribution in [0.4, 0.5) is 0 Å². The van der Waals surface area contributed by atoms with Crippen LogP contribution in [0, 0.1) is 0 Å². The molecule has 2 aromatic rings. The van der Waals surface area contributed by atoms with E-state index in [0.29, 0.717) is 25.2 Å². The van der Waals surface area contributed by atoms with Crippen molar-refractivity contribution >= 4 is 13.7 Å². The molecule has 0 saturated heterocycles. The highest BCUT2D eigenvalue weighted by molar-refractivity contribution is 7.46. The molecule has 0 radical (unpaired) electrons. The summed E-state index contributed by atoms with van der Waals surface area (Å²) in [4.78, 5) is 35.3. The largest absolute Gasteiger partial charge is 0.494 e. The Bertz CT molecular complexity index is 1140. The molecule has 0 bridgehead atoms. The fourth-order valence-electron chi connectivity index (χ4n) is 4.95. The van der Waals surface area contributed by atoms with Gasteiger partial charge in [-0.2, -0.15) is 0 Å². The number of hydrogen-bond donors (Lipinski definition) is 3. The number of aromatic nitrogens is 1. The molecular formula is C35H55N2O7P. The molecule has 1 aromatic carbocycles. The van der Waals surface area contributed by atoms with Crippen molar-refractivity contribution < 1.29 is 33.1 Å². The van der Waals surface area contributed by atoms with Crippen molar-refractivity contribution in [1.29, 1.82) is 0 Å². The van der Waals surface area contributed by atoms with Gasteiger partial charge in [0, 0.05) is 18.7 Å². The van der Waals surface area contributed by atoms with Gasteiger partial charge in [-0.3, -0.25) is 14.3 Å². The fourth-order valence-corrected chi connectivity index (χ4v) is 5.32. The quantitative estimate of drug-likeness (QED) is 0.0530. The molecule has 0 fully saturated rings. The molecule has 0 unspecified atom stereocenters. The van der Waals surface area contributed by atoms with E-state index >= 15 is 0 Å². The summed E-state index contributed by atoms with van der Waals surface area (Å²) in [5.74, 6) is 1.25. The number of carbonyl (C=O) groups excluding carboxylic acids is 1. The number of allylic oxidation sites excluding steroid dienone is 2. The minimum Gasteiger partial charge on any atom is -0.494 e. The van der Waals surface area contributed by atoms with Crippen LogP contribution in [0.3, 0.4) is 0 Å². The van der Waals surface area contributed by atoms with Gasteiger partial charge in [0.05, 0.1) is 24.9 Å². The summed E-state index contributed by atoms with van der Waals surface area (Å²) in [5, 5.41) is 2.90. The molecule has 1 heterocycles. The molecule has 0 aliphatic carbocycles. The highest BCUT2D eigenvalue weighted by atomic mass is 31.2. The third-order valence-corrected chi connectivity index (χ3v) is 7.85. The average Bonchev–Trinajstić information content (AvgIpc) is 3.01. The second kappa shape index (κ2) is 23.6. The van der Waals surface area contributed by atoms with E-state index in [4.69, 9.17) is 14.0 Å². The second-order valence-electron chi connectivity index (χ2n) is 11.4. The lowest BCUT2D eigenvalue weighted by molar-refractivity contribution is -0.122. The Labute approximate surface area is 270 Å². The van der Waals surface area contributed by atoms with Crippen molar-refractivity contribution in [2.24, 2.45) is 0 Å². The minimum absolute atomic E-state index is 0.145. The highest BCUT2D eigenvalue weighted by Crippen LogP contribution is 2.35. The lowest BCUT2D eigenvalue weighted by atomic mass is 10.1. The normalized spacial score (nSPS) is 12.4. The predicted molar refractivity (Wildman–Crippen MR) is 179 cm³/mol. The van der Waals surface area contributed by atoms with Crippen LogP contribution >= 0.6 is 7.82 Å². The molecule has 1 atom stereocenters. The number of rotatable bonds is 26. The number of hydrogen-bond acceptors (Lipinski definition) is 6. The van der Waals surface area contributed by atoms with Crippen molar-refractivity contribution in [3.63, 3.8) is 0 Å². The summed E-state index contributed by atoms with van der Waals surface area (Å²) in [6.07, 6.45) is 22.5. The molecular weight excluding hydrogens is 591 g/mol. The van der Waals surface area contributed by atoms with Gasteiger partial charge >= 0.3 is 7.82 Å². The van der Waals surface area contributed by atoms with Crippen LogP contribution in [0.2, 0.25) is 0 Å². The number of carbonyl (C=O) groups is 1. The summed E-state index contributed by atoms with van der Waals surface area (Å²) in [6.45, 7) is 4.74. The average molecular weight is 647 g/mol. The number of pyridine rings is 1. The molecule has 1 aromatic heterocycles. The Hall–Kier alpha value is -2.71. The Balaban J connectivity index is 1.68. The first-order chi connectivity index (χ1) is 21.8. The topological polar surface area (TPSA) is 127 Å². The fraction of sp³-hybridized carbons (Fsp3) is 0.600. The first-order valence-electron chi connectivity index (χ1n) is 16.7. The van der Waals surface area contributed by atoms with Gasteiger partial charge in [0.2, 0.25) is 5.91 Å². The van der Waals surface area contributed by atoms with Crippen molar-refractivity contribution in [2.45, 2.75) is 123 Å². The van der Waals surface area contributed by atoms with E-state index in [0.717, 1.165) is 49.1 Å². The highest BCUT2D eigenvalue weighted by Gasteiger charge is 2.20. The van der Waals surface area contributed by atoms with E-state index in [1.54, 1.807) is 12.3 Å². The third kappa shape index (κ3) is 20.1. The van der Waals surface area contributed by atoms with Gasteiger partial charge in [0.25, 0.3) is 0 Å². The van der Waals surface area contributed by atoms with Crippen LogP contribution in [0.25, 0.3) is 0 Å². The van der Waals surface area contributed by atoms with Gasteiger partial charge in [-0.15, -0.1) is 0 Å². The van der Waals surface area contributed by atoms with E-state index < -0.39 is 13.9 Å². The molecule has 252 valence electrons. The molecule has 0 aliphatic rings. The zero-order chi connectivity index (χ0) is 32.6. The van der Waals surface area contributed by atoms with Crippen LogP contribution in [0.5, 0.6) is 11.5 Å². The predicted octanol–water partition coefficient (Wildman–Crippen LogP) is 8.23. The lowest BCUT2D eigenvalue weighted by Gasteiger charge is -2.19. The molecule has 2 rings (SSSR count). The standard InChI is InChI=1S/C35H55N2O7P/c1-3-5-6-7-8-9-10-11-12-13-14-15-16-17-18-19-35(38)37-32(29-44-45(39,40)41)26-30-20-22-33(23-21-30)43-28-31-27-34(42-4-2)24-25-36-31/h11-12,20-25,27,32H,3-10,13-19,26,28-29H2,1-2H3,(H,37,38)(H2,39,40,41)/b12-11-/t32-/m1/s1. The minimum atomic E-state index is -4.67. The maximum absolute atomic E-state index is 12.6. The zero-order valence-electron chi connectivity index (χ0n) is 27.3. The molecule has 10 heteroatoms. The van der Waals surface area contributed by atoms with Gasteiger partial charge in [0.1, 0.15) is 18.1 Å². The summed E-state index contributed by atoms with van der Waals surface area (Å²) < 4.78 is 27.4. The Morgan fingerprint density at radius 1 is 0.867 bits per heavy atom. The summed E-state index contributed by atoms with van der Waals surface area (Å²) in [5.41, 5.74) is 1.62. The Morgan fingerprint density at radius 3 is 2.16 bits per heavy atom. The van der Waals surface area contributed by atoms with Gasteiger partial charge in [-0.25, -0.2) is 4.57 Å². The van der Waals surface area contributed by atoms with Gasteiger partial charge in [0.15, 0.2) is 0 Å². The van der Waals surface area contributed by atoms with E-state index in [2.05, 4.69) is 29.4 Å². The second-order valence-corrected chi connectivity index (χ2v) is 12.7. The van der Waals surface area contributed by atoms with E-state index in [-0.39, 0.29) is 19.1 Å². The van der Waals surface area contributed by atoms with Crippen LogP contribution < -0.4 is 14.8 Å². The summed E-state index contributed by atoms with van der Waals surface area (Å²) in [6, 6.07) is 10.4. The first kappa shape index (κ1) is 38.5. The molecule has 0 aliphatic heterocycles. The van der Waals surface area contributed by atoms with Gasteiger partial charge in [-0.05, 0) is 69.2 Å². The molecule has 0 saturated carbocycles. The van der Waals surface area contributed by atoms with Crippen molar-refractivity contribution in [1.82, 2.24) is 10.3 Å². The van der Waals surface area contributed by atoms with Crippen LogP contribution in [0.15, 0.2) is 54.7 Å². The van der Waals surface area contributed by atoms with Crippen molar-refractivity contribution in [2.75, 3.05) is 13.2 Å². The van der Waals surface area contributed by atoms with Crippen LogP contribution in [-0.2, 0) is 26.9 Å². The Morgan fingerprint density at radius 2 is 1.51 bits per heavy atom. The molecule has 45 heavy (non-hydrogen) atoms. The van der Waals surface area contributed by atoms with Crippen molar-refractivity contribution in [3.8, 4) is 11.5 Å². The third-order valence-electron chi connectivity index (χ3n) is 7.37. The van der Waals surface area contributed by atoms with Crippen molar-refractivity contribution in [3.05, 3.63) is 66.0 Å². The molecule has 3 N–H and O–H groups in total. The SMILES string of the molecule is CCCCCCCC/C=C\CCCCCCCC(=O)N[C@@H](COP(=O)(O)O)Cc1ccc(OCc2cc(OCC)ccn2)cc1. The number of unbranched alkanes of at least 4 members (excludes halogenated alkanes) is 11. The number of phosphoric ester groups is 1. The van der Waals surface area contributed by atoms with Gasteiger partial charge in [-0.1, -0.05) is 82.6 Å². The van der Waals surface area contributed by atoms with E-state index in [9.17, 15) is 19.1 Å². The monoisotopic (exact) mass is 646 g/mol. The van der Waals surface area contributed by atoms with Crippen LogP contribution in [-0.4, -0.2) is 39.9 Å². The maximum Gasteiger partial charge on any atom is 0.469 e. The van der Waals surface area contributed by atoms with E-state index in [1.165, 1.54) is 51.4 Å².